The van der Waals surface area contributed by atoms with E-state index >= 15 is 0 Å². The quantitative estimate of drug-likeness (QED) is 0.451. The average Bonchev–Trinajstić information content (AvgIpc) is 3.18. The monoisotopic (exact) mass is 495 g/mol. The number of nitrogens with one attached hydrogen (secondary N) is 1. The summed E-state index contributed by atoms with van der Waals surface area (Å²) in [5.74, 6) is 0.890. The molecule has 0 bridgehead atoms. The summed E-state index contributed by atoms with van der Waals surface area (Å²) >= 11 is 1.38. The maximum Gasteiger partial charge on any atom is 0.279 e. The van der Waals surface area contributed by atoms with Gasteiger partial charge in [-0.3, -0.25) is 9.52 Å². The van der Waals surface area contributed by atoms with Gasteiger partial charge in [0.25, 0.3) is 15.9 Å². The lowest BCUT2D eigenvalue weighted by atomic mass is 10.2. The number of rotatable bonds is 5. The molecule has 0 unspecified atom stereocenters. The van der Waals surface area contributed by atoms with Crippen LogP contribution in [0.25, 0.3) is 10.2 Å². The summed E-state index contributed by atoms with van der Waals surface area (Å²) in [4.78, 5) is 18.0. The van der Waals surface area contributed by atoms with E-state index in [4.69, 9.17) is 9.47 Å². The fraction of sp³-hybridized carbons (Fsp3) is 0.167. The van der Waals surface area contributed by atoms with Gasteiger partial charge in [-0.2, -0.15) is 4.99 Å². The molecule has 10 heteroatoms. The zero-order chi connectivity index (χ0) is 23.7. The van der Waals surface area contributed by atoms with Crippen LogP contribution in [0.5, 0.6) is 11.5 Å². The van der Waals surface area contributed by atoms with Gasteiger partial charge in [-0.05, 0) is 37.3 Å². The summed E-state index contributed by atoms with van der Waals surface area (Å²) in [5, 5.41) is 0. The Balaban J connectivity index is 1.48. The molecular formula is C24H21N3O5S2. The predicted octanol–water partition coefficient (Wildman–Crippen LogP) is 4.04. The lowest BCUT2D eigenvalue weighted by molar-refractivity contribution is 0.0998. The van der Waals surface area contributed by atoms with Crippen molar-refractivity contribution in [1.29, 1.82) is 0 Å². The molecule has 1 N–H and O–H groups in total. The van der Waals surface area contributed by atoms with Crippen LogP contribution < -0.4 is 19.0 Å². The average molecular weight is 496 g/mol. The summed E-state index contributed by atoms with van der Waals surface area (Å²) in [6.07, 6.45) is 0. The van der Waals surface area contributed by atoms with E-state index in [9.17, 15) is 13.2 Å². The molecule has 0 aliphatic carbocycles. The van der Waals surface area contributed by atoms with Crippen LogP contribution >= 0.6 is 11.3 Å². The summed E-state index contributed by atoms with van der Waals surface area (Å²) in [6.45, 7) is 3.58. The minimum absolute atomic E-state index is 0.140. The Hall–Kier alpha value is -3.63. The van der Waals surface area contributed by atoms with Gasteiger partial charge in [0, 0.05) is 29.9 Å². The Morgan fingerprint density at radius 1 is 1.03 bits per heavy atom. The highest BCUT2D eigenvalue weighted by molar-refractivity contribution is 7.92. The second-order valence-corrected chi connectivity index (χ2v) is 10.2. The first-order valence-electron chi connectivity index (χ1n) is 10.6. The van der Waals surface area contributed by atoms with E-state index in [1.165, 1.54) is 29.5 Å². The third kappa shape index (κ3) is 4.29. The fourth-order valence-electron chi connectivity index (χ4n) is 3.68. The molecule has 1 aliphatic rings. The topological polar surface area (TPSA) is 99.0 Å². The van der Waals surface area contributed by atoms with Crippen LogP contribution in [0.4, 0.5) is 5.69 Å². The van der Waals surface area contributed by atoms with Gasteiger partial charge in [-0.15, -0.1) is 0 Å². The Labute approximate surface area is 200 Å². The summed E-state index contributed by atoms with van der Waals surface area (Å²) < 4.78 is 42.0. The number of carbonyl (C=O) groups is 1. The lowest BCUT2D eigenvalue weighted by Gasteiger charge is -2.18. The minimum atomic E-state index is -3.77. The normalized spacial score (nSPS) is 13.7. The first kappa shape index (κ1) is 22.2. The fourth-order valence-corrected chi connectivity index (χ4v) is 5.85. The smallest absolute Gasteiger partial charge is 0.279 e. The number of benzene rings is 3. The zero-order valence-electron chi connectivity index (χ0n) is 18.2. The molecule has 5 rings (SSSR count). The molecule has 4 aromatic rings. The third-order valence-electron chi connectivity index (χ3n) is 5.28. The number of sulfonamides is 1. The zero-order valence-corrected chi connectivity index (χ0v) is 19.9. The second kappa shape index (κ2) is 8.96. The van der Waals surface area contributed by atoms with Gasteiger partial charge >= 0.3 is 0 Å². The maximum atomic E-state index is 13.0. The highest BCUT2D eigenvalue weighted by atomic mass is 32.2. The number of aromatic nitrogens is 1. The van der Waals surface area contributed by atoms with Crippen LogP contribution in [0.3, 0.4) is 0 Å². The van der Waals surface area contributed by atoms with Gasteiger partial charge in [-0.25, -0.2) is 8.42 Å². The number of amides is 1. The van der Waals surface area contributed by atoms with Crippen molar-refractivity contribution >= 4 is 43.2 Å². The van der Waals surface area contributed by atoms with E-state index in [0.29, 0.717) is 36.1 Å². The van der Waals surface area contributed by atoms with E-state index < -0.39 is 15.9 Å². The molecule has 1 aromatic heterocycles. The van der Waals surface area contributed by atoms with Crippen molar-refractivity contribution in [2.45, 2.75) is 18.4 Å². The number of hydrogen-bond donors (Lipinski definition) is 1. The number of hydrogen-bond acceptors (Lipinski definition) is 6. The molecule has 0 spiro atoms. The Bertz CT molecular complexity index is 1560. The Morgan fingerprint density at radius 3 is 2.50 bits per heavy atom. The number of ether oxygens (including phenoxy) is 2. The molecule has 0 saturated heterocycles. The van der Waals surface area contributed by atoms with Gasteiger partial charge in [0.15, 0.2) is 16.3 Å². The van der Waals surface area contributed by atoms with Crippen molar-refractivity contribution in [3.05, 3.63) is 77.1 Å². The molecule has 0 atom stereocenters. The van der Waals surface area contributed by atoms with Crippen molar-refractivity contribution in [3.8, 4) is 11.5 Å². The molecule has 174 valence electrons. The van der Waals surface area contributed by atoms with Crippen molar-refractivity contribution in [1.82, 2.24) is 4.57 Å². The summed E-state index contributed by atoms with van der Waals surface area (Å²) in [6, 6.07) is 18.2. The van der Waals surface area contributed by atoms with Crippen molar-refractivity contribution in [3.63, 3.8) is 0 Å². The van der Waals surface area contributed by atoms with Crippen LogP contribution in [0, 0.1) is 0 Å². The van der Waals surface area contributed by atoms with E-state index in [2.05, 4.69) is 9.71 Å². The van der Waals surface area contributed by atoms with Gasteiger partial charge in [-0.1, -0.05) is 35.6 Å². The van der Waals surface area contributed by atoms with Crippen molar-refractivity contribution in [2.75, 3.05) is 17.9 Å². The molecule has 1 aliphatic heterocycles. The van der Waals surface area contributed by atoms with E-state index in [1.54, 1.807) is 36.4 Å². The van der Waals surface area contributed by atoms with E-state index in [-0.39, 0.29) is 16.1 Å². The van der Waals surface area contributed by atoms with E-state index in [1.807, 2.05) is 23.6 Å². The van der Waals surface area contributed by atoms with Gasteiger partial charge in [0.1, 0.15) is 13.2 Å². The molecule has 0 fully saturated rings. The first-order valence-corrected chi connectivity index (χ1v) is 12.9. The van der Waals surface area contributed by atoms with Crippen LogP contribution in [0.2, 0.25) is 0 Å². The SMILES string of the molecule is CCn1c(=NC(=O)c2cccc(NS(=O)(=O)c3ccccc3)c2)sc2cc3c(cc21)OCCO3. The van der Waals surface area contributed by atoms with Crippen LogP contribution in [-0.4, -0.2) is 32.1 Å². The highest BCUT2D eigenvalue weighted by Crippen LogP contribution is 2.35. The number of carbonyl (C=O) groups excluding carboxylic acids is 1. The Kier molecular flexibility index (Phi) is 5.84. The summed E-state index contributed by atoms with van der Waals surface area (Å²) in [7, 11) is -3.77. The third-order valence-corrected chi connectivity index (χ3v) is 7.71. The standard InChI is InChI=1S/C24H21N3O5S2/c1-2-27-19-14-20-21(32-12-11-31-20)15-22(19)33-24(27)25-23(28)16-7-6-8-17(13-16)26-34(29,30)18-9-4-3-5-10-18/h3-10,13-15,26H,2,11-12H2,1H3. The van der Waals surface area contributed by atoms with Crippen LogP contribution in [0.1, 0.15) is 17.3 Å². The number of thiazole rings is 1. The van der Waals surface area contributed by atoms with Crippen molar-refractivity contribution in [2.24, 2.45) is 4.99 Å². The predicted molar refractivity (Wildman–Crippen MR) is 130 cm³/mol. The minimum Gasteiger partial charge on any atom is -0.486 e. The Morgan fingerprint density at radius 2 is 1.76 bits per heavy atom. The number of nitrogens with zero attached hydrogens (tertiary/aromatic N) is 2. The van der Waals surface area contributed by atoms with Crippen LogP contribution in [-0.2, 0) is 16.6 Å². The highest BCUT2D eigenvalue weighted by Gasteiger charge is 2.17. The van der Waals surface area contributed by atoms with Crippen LogP contribution in [0.15, 0.2) is 76.6 Å². The van der Waals surface area contributed by atoms with E-state index in [0.717, 1.165) is 10.2 Å². The molecule has 34 heavy (non-hydrogen) atoms. The van der Waals surface area contributed by atoms with Gasteiger partial charge < -0.3 is 14.0 Å². The van der Waals surface area contributed by atoms with Gasteiger partial charge in [0.05, 0.1) is 15.1 Å². The number of anilines is 1. The lowest BCUT2D eigenvalue weighted by Crippen LogP contribution is -2.17. The number of aryl methyl sites for hydroxylation is 1. The summed E-state index contributed by atoms with van der Waals surface area (Å²) in [5.41, 5.74) is 1.47. The van der Waals surface area contributed by atoms with Gasteiger partial charge in [0.2, 0.25) is 0 Å². The first-order chi connectivity index (χ1) is 16.4. The molecule has 3 aromatic carbocycles. The maximum absolute atomic E-state index is 13.0. The molecular weight excluding hydrogens is 474 g/mol. The second-order valence-electron chi connectivity index (χ2n) is 7.51. The largest absolute Gasteiger partial charge is 0.486 e. The van der Waals surface area contributed by atoms with Crippen molar-refractivity contribution < 1.29 is 22.7 Å². The molecule has 0 saturated carbocycles. The molecule has 8 nitrogen and oxygen atoms in total. The molecule has 0 radical (unpaired) electrons. The molecule has 1 amide bonds. The molecule has 2 heterocycles. The number of fused-ring (bicyclic) bond motifs is 2.